The van der Waals surface area contributed by atoms with Gasteiger partial charge in [0.25, 0.3) is 0 Å². The van der Waals surface area contributed by atoms with Crippen LogP contribution in [0.5, 0.6) is 0 Å². The van der Waals surface area contributed by atoms with Crippen molar-refractivity contribution in [1.82, 2.24) is 4.72 Å². The fraction of sp³-hybridized carbons (Fsp3) is 0.600. The second kappa shape index (κ2) is 6.14. The maximum Gasteiger partial charge on any atom is 0.240 e. The average molecular weight is 296 g/mol. The zero-order chi connectivity index (χ0) is 14.8. The Morgan fingerprint density at radius 3 is 2.25 bits per heavy atom. The molecule has 1 saturated carbocycles. The summed E-state index contributed by atoms with van der Waals surface area (Å²) in [6, 6.07) is 6.90. The lowest BCUT2D eigenvalue weighted by Crippen LogP contribution is -2.39. The van der Waals surface area contributed by atoms with Gasteiger partial charge in [0.05, 0.1) is 4.90 Å². The zero-order valence-corrected chi connectivity index (χ0v) is 13.2. The van der Waals surface area contributed by atoms with Gasteiger partial charge >= 0.3 is 0 Å². The second-order valence-electron chi connectivity index (χ2n) is 5.86. The summed E-state index contributed by atoms with van der Waals surface area (Å²) in [7, 11) is -1.59. The first-order valence-electron chi connectivity index (χ1n) is 7.22. The first-order chi connectivity index (χ1) is 9.42. The van der Waals surface area contributed by atoms with Gasteiger partial charge in [0, 0.05) is 18.8 Å². The molecule has 5 heteroatoms. The minimum absolute atomic E-state index is 0.0650. The first-order valence-corrected chi connectivity index (χ1v) is 8.71. The van der Waals surface area contributed by atoms with Crippen LogP contribution in [0.1, 0.15) is 33.1 Å². The molecule has 1 aliphatic carbocycles. The SMILES string of the molecule is CNc1ccc(S(=O)(=O)NC2CCC(C)C(C)C2)cc1. The topological polar surface area (TPSA) is 58.2 Å². The van der Waals surface area contributed by atoms with Gasteiger partial charge in [-0.15, -0.1) is 0 Å². The predicted octanol–water partition coefficient (Wildman–Crippen LogP) is 2.83. The van der Waals surface area contributed by atoms with Crippen LogP contribution in [-0.2, 0) is 10.0 Å². The van der Waals surface area contributed by atoms with Gasteiger partial charge in [-0.05, 0) is 55.4 Å². The van der Waals surface area contributed by atoms with E-state index >= 15 is 0 Å². The average Bonchev–Trinajstić information content (AvgIpc) is 2.43. The van der Waals surface area contributed by atoms with Gasteiger partial charge in [-0.3, -0.25) is 0 Å². The van der Waals surface area contributed by atoms with E-state index in [2.05, 4.69) is 23.9 Å². The van der Waals surface area contributed by atoms with Crippen LogP contribution in [0, 0.1) is 11.8 Å². The van der Waals surface area contributed by atoms with Gasteiger partial charge < -0.3 is 5.32 Å². The molecule has 0 amide bonds. The Labute approximate surface area is 122 Å². The van der Waals surface area contributed by atoms with Crippen molar-refractivity contribution in [2.45, 2.75) is 44.0 Å². The third-order valence-corrected chi connectivity index (χ3v) is 5.91. The molecule has 0 aliphatic heterocycles. The van der Waals surface area contributed by atoms with Crippen LogP contribution in [0.15, 0.2) is 29.2 Å². The van der Waals surface area contributed by atoms with Crippen LogP contribution in [0.25, 0.3) is 0 Å². The summed E-state index contributed by atoms with van der Waals surface area (Å²) in [5, 5.41) is 2.98. The van der Waals surface area contributed by atoms with Crippen molar-refractivity contribution in [3.8, 4) is 0 Å². The normalized spacial score (nSPS) is 27.2. The molecular weight excluding hydrogens is 272 g/mol. The number of sulfonamides is 1. The fourth-order valence-corrected chi connectivity index (χ4v) is 4.03. The number of benzene rings is 1. The van der Waals surface area contributed by atoms with E-state index in [4.69, 9.17) is 0 Å². The third kappa shape index (κ3) is 3.52. The highest BCUT2D eigenvalue weighted by Crippen LogP contribution is 2.30. The van der Waals surface area contributed by atoms with Crippen molar-refractivity contribution in [3.05, 3.63) is 24.3 Å². The second-order valence-corrected chi connectivity index (χ2v) is 7.57. The van der Waals surface area contributed by atoms with Gasteiger partial charge in [0.2, 0.25) is 10.0 Å². The van der Waals surface area contributed by atoms with Crippen LogP contribution in [0.2, 0.25) is 0 Å². The highest BCUT2D eigenvalue weighted by Gasteiger charge is 2.28. The highest BCUT2D eigenvalue weighted by molar-refractivity contribution is 7.89. The Kier molecular flexibility index (Phi) is 4.70. The monoisotopic (exact) mass is 296 g/mol. The van der Waals surface area contributed by atoms with Gasteiger partial charge in [-0.25, -0.2) is 13.1 Å². The summed E-state index contributed by atoms with van der Waals surface area (Å²) in [5.74, 6) is 1.26. The Bertz CT molecular complexity index is 539. The molecule has 0 bridgehead atoms. The Balaban J connectivity index is 2.07. The number of hydrogen-bond donors (Lipinski definition) is 2. The van der Waals surface area contributed by atoms with E-state index in [-0.39, 0.29) is 6.04 Å². The fourth-order valence-electron chi connectivity index (χ4n) is 2.74. The van der Waals surface area contributed by atoms with Gasteiger partial charge in [0.15, 0.2) is 0 Å². The van der Waals surface area contributed by atoms with E-state index in [0.29, 0.717) is 16.7 Å². The number of rotatable bonds is 4. The minimum atomic E-state index is -3.40. The van der Waals surface area contributed by atoms with Crippen LogP contribution >= 0.6 is 0 Å². The largest absolute Gasteiger partial charge is 0.388 e. The highest BCUT2D eigenvalue weighted by atomic mass is 32.2. The molecule has 1 aromatic rings. The van der Waals surface area contributed by atoms with E-state index in [9.17, 15) is 8.42 Å². The standard InChI is InChI=1S/C15H24N2O2S/c1-11-4-5-14(10-12(11)2)17-20(18,19)15-8-6-13(16-3)7-9-15/h6-9,11-12,14,16-17H,4-5,10H2,1-3H3. The molecule has 0 spiro atoms. The summed E-state index contributed by atoms with van der Waals surface area (Å²) >= 11 is 0. The van der Waals surface area contributed by atoms with Crippen LogP contribution < -0.4 is 10.0 Å². The quantitative estimate of drug-likeness (QED) is 0.898. The molecule has 0 saturated heterocycles. The lowest BCUT2D eigenvalue weighted by atomic mass is 9.79. The molecule has 2 N–H and O–H groups in total. The molecule has 4 nitrogen and oxygen atoms in total. The smallest absolute Gasteiger partial charge is 0.240 e. The molecule has 112 valence electrons. The zero-order valence-electron chi connectivity index (χ0n) is 12.4. The summed E-state index contributed by atoms with van der Waals surface area (Å²) in [4.78, 5) is 0.336. The molecular formula is C15H24N2O2S. The maximum atomic E-state index is 12.4. The van der Waals surface area contributed by atoms with Crippen LogP contribution in [0.3, 0.4) is 0 Å². The van der Waals surface area contributed by atoms with Crippen molar-refractivity contribution in [2.75, 3.05) is 12.4 Å². The first kappa shape index (κ1) is 15.3. The lowest BCUT2D eigenvalue weighted by Gasteiger charge is -2.32. The number of anilines is 1. The van der Waals surface area contributed by atoms with Gasteiger partial charge in [-0.2, -0.15) is 0 Å². The van der Waals surface area contributed by atoms with Crippen LogP contribution in [0.4, 0.5) is 5.69 Å². The van der Waals surface area contributed by atoms with E-state index in [1.54, 1.807) is 24.3 Å². The summed E-state index contributed by atoms with van der Waals surface area (Å²) < 4.78 is 27.6. The molecule has 0 radical (unpaired) electrons. The molecule has 0 aromatic heterocycles. The van der Waals surface area contributed by atoms with Crippen molar-refractivity contribution in [3.63, 3.8) is 0 Å². The van der Waals surface area contributed by atoms with E-state index in [1.807, 2.05) is 7.05 Å². The molecule has 1 aliphatic rings. The van der Waals surface area contributed by atoms with E-state index < -0.39 is 10.0 Å². The predicted molar refractivity (Wildman–Crippen MR) is 82.3 cm³/mol. The summed E-state index contributed by atoms with van der Waals surface area (Å²) in [6.45, 7) is 4.44. The maximum absolute atomic E-state index is 12.4. The Morgan fingerprint density at radius 1 is 1.05 bits per heavy atom. The molecule has 3 unspecified atom stereocenters. The van der Waals surface area contributed by atoms with Crippen molar-refractivity contribution in [2.24, 2.45) is 11.8 Å². The van der Waals surface area contributed by atoms with Gasteiger partial charge in [0.1, 0.15) is 0 Å². The molecule has 1 aromatic carbocycles. The van der Waals surface area contributed by atoms with Crippen LogP contribution in [-0.4, -0.2) is 21.5 Å². The molecule has 20 heavy (non-hydrogen) atoms. The third-order valence-electron chi connectivity index (χ3n) is 4.37. The molecule has 3 atom stereocenters. The van der Waals surface area contributed by atoms with Crippen molar-refractivity contribution in [1.29, 1.82) is 0 Å². The molecule has 2 rings (SSSR count). The van der Waals surface area contributed by atoms with E-state index in [0.717, 1.165) is 24.9 Å². The lowest BCUT2D eigenvalue weighted by molar-refractivity contribution is 0.242. The number of hydrogen-bond acceptors (Lipinski definition) is 3. The Hall–Kier alpha value is -1.07. The summed E-state index contributed by atoms with van der Waals surface area (Å²) in [5.41, 5.74) is 0.907. The molecule has 1 fully saturated rings. The Morgan fingerprint density at radius 2 is 1.70 bits per heavy atom. The van der Waals surface area contributed by atoms with Crippen molar-refractivity contribution >= 4 is 15.7 Å². The van der Waals surface area contributed by atoms with E-state index in [1.165, 1.54) is 0 Å². The minimum Gasteiger partial charge on any atom is -0.388 e. The molecule has 0 heterocycles. The number of nitrogens with one attached hydrogen (secondary N) is 2. The summed E-state index contributed by atoms with van der Waals surface area (Å²) in [6.07, 6.45) is 2.95. The van der Waals surface area contributed by atoms with Gasteiger partial charge in [-0.1, -0.05) is 13.8 Å². The van der Waals surface area contributed by atoms with Crippen molar-refractivity contribution < 1.29 is 8.42 Å².